The van der Waals surface area contributed by atoms with E-state index in [1.54, 1.807) is 13.8 Å². The van der Waals surface area contributed by atoms with Crippen molar-refractivity contribution < 1.29 is 28.1 Å². The van der Waals surface area contributed by atoms with Crippen LogP contribution in [0.1, 0.15) is 13.8 Å². The largest absolute Gasteiger partial charge is 0.466 e. The molecule has 0 saturated heterocycles. The van der Waals surface area contributed by atoms with Crippen LogP contribution in [0.15, 0.2) is 11.0 Å². The summed E-state index contributed by atoms with van der Waals surface area (Å²) in [6.07, 6.45) is 1.01. The van der Waals surface area contributed by atoms with Gasteiger partial charge >= 0.3 is 11.9 Å². The number of esters is 2. The van der Waals surface area contributed by atoms with Crippen LogP contribution in [-0.4, -0.2) is 39.4 Å². The Morgan fingerprint density at radius 2 is 1.68 bits per heavy atom. The van der Waals surface area contributed by atoms with Crippen LogP contribution in [0.5, 0.6) is 0 Å². The van der Waals surface area contributed by atoms with E-state index in [-0.39, 0.29) is 4.91 Å². The molecule has 19 heavy (non-hydrogen) atoms. The Morgan fingerprint density at radius 3 is 2.05 bits per heavy atom. The summed E-state index contributed by atoms with van der Waals surface area (Å²) in [6, 6.07) is 0. The highest BCUT2D eigenvalue weighted by molar-refractivity contribution is 8.69. The molecule has 0 aliphatic rings. The van der Waals surface area contributed by atoms with E-state index in [1.807, 2.05) is 0 Å². The molecule has 0 amide bonds. The van der Waals surface area contributed by atoms with Crippen LogP contribution < -0.4 is 0 Å². The van der Waals surface area contributed by atoms with Gasteiger partial charge in [0, 0.05) is 6.08 Å². The highest BCUT2D eigenvalue weighted by atomic mass is 32.9. The highest BCUT2D eigenvalue weighted by Gasteiger charge is 2.26. The van der Waals surface area contributed by atoms with Gasteiger partial charge in [0.15, 0.2) is 0 Å². The van der Waals surface area contributed by atoms with Crippen LogP contribution in [0.25, 0.3) is 0 Å². The van der Waals surface area contributed by atoms with Gasteiger partial charge in [0.2, 0.25) is 0 Å². The molecule has 0 spiro atoms. The van der Waals surface area contributed by atoms with E-state index in [0.717, 1.165) is 17.5 Å². The zero-order valence-corrected chi connectivity index (χ0v) is 13.7. The number of hydrogen-bond acceptors (Lipinski definition) is 8. The Labute approximate surface area is 121 Å². The molecule has 0 aromatic rings. The first-order valence-electron chi connectivity index (χ1n) is 5.39. The summed E-state index contributed by atoms with van der Waals surface area (Å²) in [5.74, 6) is -1.37. The van der Waals surface area contributed by atoms with Crippen LogP contribution in [0, 0.1) is 0 Å². The van der Waals surface area contributed by atoms with Crippen molar-refractivity contribution >= 4 is 40.8 Å². The van der Waals surface area contributed by atoms with Gasteiger partial charge < -0.3 is 18.5 Å². The number of rotatable bonds is 8. The summed E-state index contributed by atoms with van der Waals surface area (Å²) >= 11 is 6.15. The molecule has 0 aromatic heterocycles. The fourth-order valence-electron chi connectivity index (χ4n) is 0.916. The molecule has 0 aliphatic heterocycles. The van der Waals surface area contributed by atoms with Crippen molar-refractivity contribution in [2.75, 3.05) is 27.4 Å². The Bertz CT molecular complexity index is 385. The zero-order valence-electron chi connectivity index (χ0n) is 11.2. The molecular formula is C10H17O6PS2. The average molecular weight is 328 g/mol. The van der Waals surface area contributed by atoms with Crippen molar-refractivity contribution in [3.8, 4) is 0 Å². The van der Waals surface area contributed by atoms with Gasteiger partial charge in [0.25, 0.3) is 5.69 Å². The second-order valence-corrected chi connectivity index (χ2v) is 9.06. The molecule has 0 heterocycles. The van der Waals surface area contributed by atoms with Gasteiger partial charge in [-0.1, -0.05) is 0 Å². The molecule has 0 aromatic carbocycles. The van der Waals surface area contributed by atoms with E-state index in [2.05, 4.69) is 9.47 Å². The van der Waals surface area contributed by atoms with Crippen molar-refractivity contribution in [3.63, 3.8) is 0 Å². The number of carbonyl (C=O) groups excluding carboxylic acids is 2. The Balaban J connectivity index is 5.17. The Morgan fingerprint density at radius 1 is 1.16 bits per heavy atom. The fraction of sp³-hybridized carbons (Fsp3) is 0.600. The smallest absolute Gasteiger partial charge is 0.345 e. The topological polar surface area (TPSA) is 71.1 Å². The third-order valence-corrected chi connectivity index (χ3v) is 6.67. The van der Waals surface area contributed by atoms with Crippen LogP contribution in [0.2, 0.25) is 0 Å². The van der Waals surface area contributed by atoms with E-state index in [1.165, 1.54) is 14.2 Å². The molecule has 6 nitrogen and oxygen atoms in total. The minimum atomic E-state index is -2.74. The summed E-state index contributed by atoms with van der Waals surface area (Å²) < 4.78 is 19.8. The van der Waals surface area contributed by atoms with Gasteiger partial charge in [0.1, 0.15) is 4.91 Å². The van der Waals surface area contributed by atoms with Gasteiger partial charge in [-0.05, 0) is 37.0 Å². The van der Waals surface area contributed by atoms with Gasteiger partial charge in [0.05, 0.1) is 27.4 Å². The Hall–Kier alpha value is -0.400. The lowest BCUT2D eigenvalue weighted by Crippen LogP contribution is -2.06. The number of ether oxygens (including phenoxy) is 2. The molecule has 0 saturated carbocycles. The predicted octanol–water partition coefficient (Wildman–Crippen LogP) is 2.25. The third-order valence-electron chi connectivity index (χ3n) is 1.62. The predicted molar refractivity (Wildman–Crippen MR) is 77.2 cm³/mol. The minimum Gasteiger partial charge on any atom is -0.466 e. The Kier molecular flexibility index (Phi) is 9.30. The van der Waals surface area contributed by atoms with E-state index in [0.29, 0.717) is 13.2 Å². The van der Waals surface area contributed by atoms with Crippen molar-refractivity contribution in [1.82, 2.24) is 0 Å². The van der Waals surface area contributed by atoms with Gasteiger partial charge in [-0.25, -0.2) is 9.59 Å². The monoisotopic (exact) mass is 328 g/mol. The lowest BCUT2D eigenvalue weighted by atomic mass is 10.5. The minimum absolute atomic E-state index is 0.000386. The summed E-state index contributed by atoms with van der Waals surface area (Å²) in [5.41, 5.74) is -2.74. The van der Waals surface area contributed by atoms with Crippen LogP contribution >= 0.6 is 17.1 Å². The lowest BCUT2D eigenvalue weighted by Gasteiger charge is -2.20. The standard InChI is InChI=1S/C10H17O6PS2/c1-5-15-17(18,16-6-2)19-8(10(12)14-4)7-9(11)13-3/h7H,5-6H2,1-4H3/b8-7+. The SMILES string of the molecule is CCOP(=S)(OCC)S/C(=C/C(=O)OC)C(=O)OC. The quantitative estimate of drug-likeness (QED) is 0.382. The molecule has 0 atom stereocenters. The first kappa shape index (κ1) is 18.6. The van der Waals surface area contributed by atoms with Crippen molar-refractivity contribution in [3.05, 3.63) is 11.0 Å². The third kappa shape index (κ3) is 7.08. The normalized spacial score (nSPS) is 12.1. The van der Waals surface area contributed by atoms with Crippen LogP contribution in [0.3, 0.4) is 0 Å². The molecule has 0 rings (SSSR count). The molecular weight excluding hydrogens is 311 g/mol. The van der Waals surface area contributed by atoms with E-state index in [9.17, 15) is 9.59 Å². The van der Waals surface area contributed by atoms with E-state index in [4.69, 9.17) is 20.9 Å². The molecule has 0 radical (unpaired) electrons. The van der Waals surface area contributed by atoms with Gasteiger partial charge in [-0.15, -0.1) is 0 Å². The maximum Gasteiger partial charge on any atom is 0.345 e. The first-order valence-corrected chi connectivity index (χ1v) is 9.45. The fourth-order valence-corrected chi connectivity index (χ4v) is 5.68. The molecule has 0 fully saturated rings. The second-order valence-electron chi connectivity index (χ2n) is 2.90. The molecule has 110 valence electrons. The van der Waals surface area contributed by atoms with E-state index >= 15 is 0 Å². The second kappa shape index (κ2) is 9.50. The molecule has 0 bridgehead atoms. The maximum atomic E-state index is 11.6. The first-order chi connectivity index (χ1) is 8.92. The molecule has 0 aliphatic carbocycles. The van der Waals surface area contributed by atoms with Gasteiger partial charge in [-0.3, -0.25) is 0 Å². The van der Waals surface area contributed by atoms with Crippen molar-refractivity contribution in [2.45, 2.75) is 13.8 Å². The summed E-state index contributed by atoms with van der Waals surface area (Å²) in [5, 5.41) is 0. The number of carbonyl (C=O) groups is 2. The van der Waals surface area contributed by atoms with E-state index < -0.39 is 17.6 Å². The average Bonchev–Trinajstić information content (AvgIpc) is 2.37. The highest BCUT2D eigenvalue weighted by Crippen LogP contribution is 2.63. The van der Waals surface area contributed by atoms with Crippen molar-refractivity contribution in [1.29, 1.82) is 0 Å². The number of methoxy groups -OCH3 is 2. The molecule has 0 N–H and O–H groups in total. The van der Waals surface area contributed by atoms with Crippen LogP contribution in [0.4, 0.5) is 0 Å². The summed E-state index contributed by atoms with van der Waals surface area (Å²) in [6.45, 7) is 4.22. The lowest BCUT2D eigenvalue weighted by molar-refractivity contribution is -0.137. The molecule has 0 unspecified atom stereocenters. The van der Waals surface area contributed by atoms with Crippen molar-refractivity contribution in [2.24, 2.45) is 0 Å². The van der Waals surface area contributed by atoms with Crippen LogP contribution in [-0.2, 0) is 39.9 Å². The summed E-state index contributed by atoms with van der Waals surface area (Å²) in [7, 11) is 2.42. The van der Waals surface area contributed by atoms with Gasteiger partial charge in [-0.2, -0.15) is 0 Å². The number of hydrogen-bond donors (Lipinski definition) is 0. The zero-order chi connectivity index (χ0) is 14.9. The molecule has 9 heteroatoms. The summed E-state index contributed by atoms with van der Waals surface area (Å²) in [4.78, 5) is 22.8. The maximum absolute atomic E-state index is 11.6.